The first-order valence-electron chi connectivity index (χ1n) is 8.40. The maximum Gasteiger partial charge on any atom is 0.393 e. The summed E-state index contributed by atoms with van der Waals surface area (Å²) in [5.41, 5.74) is 0.173. The van der Waals surface area contributed by atoms with Crippen LogP contribution in [-0.4, -0.2) is 48.5 Å². The summed E-state index contributed by atoms with van der Waals surface area (Å²) in [6.07, 6.45) is -4.56. The van der Waals surface area contributed by atoms with Crippen molar-refractivity contribution in [2.45, 2.75) is 26.4 Å². The number of halogens is 3. The lowest BCUT2D eigenvalue weighted by Gasteiger charge is -2.26. The quantitative estimate of drug-likeness (QED) is 0.850. The van der Waals surface area contributed by atoms with Gasteiger partial charge >= 0.3 is 12.2 Å². The predicted octanol–water partition coefficient (Wildman–Crippen LogP) is 3.07. The average molecular weight is 358 g/mol. The van der Waals surface area contributed by atoms with Gasteiger partial charge in [0.15, 0.2) is 0 Å². The third-order valence-electron chi connectivity index (χ3n) is 5.17. The Morgan fingerprint density at radius 3 is 2.56 bits per heavy atom. The zero-order chi connectivity index (χ0) is 18.7. The highest BCUT2D eigenvalue weighted by Gasteiger charge is 2.43. The number of aliphatic hydroxyl groups is 1. The van der Waals surface area contributed by atoms with Gasteiger partial charge in [-0.2, -0.15) is 13.2 Å². The van der Waals surface area contributed by atoms with Gasteiger partial charge in [0, 0.05) is 25.0 Å². The summed E-state index contributed by atoms with van der Waals surface area (Å²) in [4.78, 5) is 13.7. The number of urea groups is 1. The number of aliphatic hydroxyl groups excluding tert-OH is 1. The van der Waals surface area contributed by atoms with Gasteiger partial charge < -0.3 is 15.3 Å². The molecule has 0 radical (unpaired) electrons. The van der Waals surface area contributed by atoms with E-state index in [0.29, 0.717) is 18.7 Å². The molecule has 25 heavy (non-hydrogen) atoms. The number of carbonyl (C=O) groups excluding carboxylic acids is 1. The number of nitrogens with one attached hydrogen (secondary N) is 1. The van der Waals surface area contributed by atoms with E-state index in [0.717, 1.165) is 0 Å². The second-order valence-electron chi connectivity index (χ2n) is 7.21. The van der Waals surface area contributed by atoms with Crippen molar-refractivity contribution in [3.8, 4) is 0 Å². The fourth-order valence-electron chi connectivity index (χ4n) is 3.09. The average Bonchev–Trinajstić information content (AvgIpc) is 2.87. The predicted molar refractivity (Wildman–Crippen MR) is 89.0 cm³/mol. The number of rotatable bonds is 5. The Hall–Kier alpha value is -1.76. The van der Waals surface area contributed by atoms with Gasteiger partial charge in [-0.05, 0) is 17.9 Å². The van der Waals surface area contributed by atoms with Crippen LogP contribution in [0.5, 0.6) is 0 Å². The Labute approximate surface area is 146 Å². The largest absolute Gasteiger partial charge is 0.396 e. The van der Waals surface area contributed by atoms with Crippen LogP contribution in [-0.2, 0) is 6.42 Å². The maximum atomic E-state index is 13.3. The third-order valence-corrected chi connectivity index (χ3v) is 5.17. The van der Waals surface area contributed by atoms with Gasteiger partial charge in [-0.3, -0.25) is 0 Å². The number of hydrogen-bond acceptors (Lipinski definition) is 2. The first-order valence-corrected chi connectivity index (χ1v) is 8.40. The van der Waals surface area contributed by atoms with Crippen molar-refractivity contribution < 1.29 is 23.1 Å². The summed E-state index contributed by atoms with van der Waals surface area (Å²) in [7, 11) is 0. The lowest BCUT2D eigenvalue weighted by molar-refractivity contribution is -0.172. The van der Waals surface area contributed by atoms with Crippen molar-refractivity contribution in [3.63, 3.8) is 0 Å². The van der Waals surface area contributed by atoms with Crippen molar-refractivity contribution in [2.75, 3.05) is 26.2 Å². The van der Waals surface area contributed by atoms with E-state index in [4.69, 9.17) is 0 Å². The highest BCUT2D eigenvalue weighted by Crippen LogP contribution is 2.35. The standard InChI is InChI=1S/C18H25F3N2O2/c1-13-10-23(11-17(13,2)12-24)16(25)22-9-15(18(19,20)21)8-14-6-4-3-5-7-14/h3-7,13,15,24H,8-12H2,1-2H3,(H,22,25). The van der Waals surface area contributed by atoms with Gasteiger partial charge in [0.05, 0.1) is 12.5 Å². The highest BCUT2D eigenvalue weighted by molar-refractivity contribution is 5.74. The van der Waals surface area contributed by atoms with Crippen LogP contribution in [0.15, 0.2) is 30.3 Å². The molecule has 4 nitrogen and oxygen atoms in total. The number of benzene rings is 1. The van der Waals surface area contributed by atoms with Gasteiger partial charge in [0.1, 0.15) is 0 Å². The van der Waals surface area contributed by atoms with Crippen molar-refractivity contribution in [2.24, 2.45) is 17.3 Å². The zero-order valence-corrected chi connectivity index (χ0v) is 14.5. The molecule has 1 heterocycles. The van der Waals surface area contributed by atoms with Gasteiger partial charge in [-0.15, -0.1) is 0 Å². The van der Waals surface area contributed by atoms with Gasteiger partial charge in [0.2, 0.25) is 0 Å². The lowest BCUT2D eigenvalue weighted by atomic mass is 9.82. The van der Waals surface area contributed by atoms with E-state index in [1.54, 1.807) is 30.3 Å². The second-order valence-corrected chi connectivity index (χ2v) is 7.21. The second kappa shape index (κ2) is 7.64. The Morgan fingerprint density at radius 2 is 2.04 bits per heavy atom. The third kappa shape index (κ3) is 4.87. The summed E-state index contributed by atoms with van der Waals surface area (Å²) < 4.78 is 39.8. The Kier molecular flexibility index (Phi) is 5.98. The van der Waals surface area contributed by atoms with E-state index < -0.39 is 30.1 Å². The molecule has 1 saturated heterocycles. The van der Waals surface area contributed by atoms with E-state index in [9.17, 15) is 23.1 Å². The normalized spacial score (nSPS) is 25.0. The summed E-state index contributed by atoms with van der Waals surface area (Å²) in [6.45, 7) is 4.05. The number of carbonyl (C=O) groups is 1. The minimum atomic E-state index is -4.39. The van der Waals surface area contributed by atoms with E-state index in [2.05, 4.69) is 5.32 Å². The molecule has 0 saturated carbocycles. The summed E-state index contributed by atoms with van der Waals surface area (Å²) in [6, 6.07) is 7.93. The van der Waals surface area contributed by atoms with E-state index in [1.165, 1.54) is 4.90 Å². The number of alkyl halides is 3. The molecule has 3 atom stereocenters. The van der Waals surface area contributed by atoms with E-state index >= 15 is 0 Å². The Morgan fingerprint density at radius 1 is 1.40 bits per heavy atom. The monoisotopic (exact) mass is 358 g/mol. The van der Waals surface area contributed by atoms with E-state index in [1.807, 2.05) is 13.8 Å². The van der Waals surface area contributed by atoms with Crippen LogP contribution in [0.1, 0.15) is 19.4 Å². The fraction of sp³-hybridized carbons (Fsp3) is 0.611. The van der Waals surface area contributed by atoms with Crippen LogP contribution in [0.2, 0.25) is 0 Å². The number of hydrogen-bond donors (Lipinski definition) is 2. The Balaban J connectivity index is 1.95. The first kappa shape index (κ1) is 19.6. The topological polar surface area (TPSA) is 52.6 Å². The highest BCUT2D eigenvalue weighted by atomic mass is 19.4. The summed E-state index contributed by atoms with van der Waals surface area (Å²) >= 11 is 0. The smallest absolute Gasteiger partial charge is 0.393 e. The molecule has 140 valence electrons. The molecule has 1 fully saturated rings. The van der Waals surface area contributed by atoms with Crippen LogP contribution < -0.4 is 5.32 Å². The molecule has 1 aromatic rings. The van der Waals surface area contributed by atoms with Crippen LogP contribution in [0.4, 0.5) is 18.0 Å². The molecule has 1 aliphatic heterocycles. The van der Waals surface area contributed by atoms with E-state index in [-0.39, 0.29) is 18.9 Å². The number of amides is 2. The molecule has 0 spiro atoms. The summed E-state index contributed by atoms with van der Waals surface area (Å²) in [5, 5.41) is 11.9. The van der Waals surface area contributed by atoms with Crippen molar-refractivity contribution >= 4 is 6.03 Å². The molecule has 0 aliphatic carbocycles. The van der Waals surface area contributed by atoms with Crippen LogP contribution >= 0.6 is 0 Å². The van der Waals surface area contributed by atoms with Gasteiger partial charge in [0.25, 0.3) is 0 Å². The minimum Gasteiger partial charge on any atom is -0.396 e. The van der Waals surface area contributed by atoms with Crippen LogP contribution in [0.25, 0.3) is 0 Å². The van der Waals surface area contributed by atoms with Crippen molar-refractivity contribution in [1.82, 2.24) is 10.2 Å². The molecular weight excluding hydrogens is 333 g/mol. The molecule has 1 aliphatic rings. The van der Waals surface area contributed by atoms with Gasteiger partial charge in [-0.25, -0.2) is 4.79 Å². The molecule has 2 amide bonds. The van der Waals surface area contributed by atoms with Crippen molar-refractivity contribution in [3.05, 3.63) is 35.9 Å². The molecular formula is C18H25F3N2O2. The molecule has 2 N–H and O–H groups in total. The maximum absolute atomic E-state index is 13.3. The first-order chi connectivity index (χ1) is 11.7. The number of likely N-dealkylation sites (tertiary alicyclic amines) is 1. The SMILES string of the molecule is CC1CN(C(=O)NCC(Cc2ccccc2)C(F)(F)F)CC1(C)CO. The minimum absolute atomic E-state index is 0.0584. The molecule has 0 bridgehead atoms. The molecule has 1 aromatic carbocycles. The summed E-state index contributed by atoms with van der Waals surface area (Å²) in [5.74, 6) is -1.55. The fourth-order valence-corrected chi connectivity index (χ4v) is 3.09. The molecule has 3 unspecified atom stereocenters. The lowest BCUT2D eigenvalue weighted by Crippen LogP contribution is -2.44. The Bertz CT molecular complexity index is 579. The van der Waals surface area contributed by atoms with Gasteiger partial charge in [-0.1, -0.05) is 44.2 Å². The van der Waals surface area contributed by atoms with Crippen LogP contribution in [0.3, 0.4) is 0 Å². The molecule has 0 aromatic heterocycles. The van der Waals surface area contributed by atoms with Crippen LogP contribution in [0, 0.1) is 17.3 Å². The van der Waals surface area contributed by atoms with Crippen molar-refractivity contribution in [1.29, 1.82) is 0 Å². The zero-order valence-electron chi connectivity index (χ0n) is 14.5. The molecule has 2 rings (SSSR count). The number of nitrogens with zero attached hydrogens (tertiary/aromatic N) is 1. The molecule has 7 heteroatoms.